The molecule has 0 aliphatic heterocycles. The molecule has 2 atom stereocenters. The van der Waals surface area contributed by atoms with Gasteiger partial charge in [0.15, 0.2) is 0 Å². The first-order valence-electron chi connectivity index (χ1n) is 5.85. The van der Waals surface area contributed by atoms with Gasteiger partial charge < -0.3 is 16.4 Å². The quantitative estimate of drug-likeness (QED) is 0.578. The standard InChI is InChI=1S/C11H23N3O2S/c1-4-6-13-10(15)8(2)14-11(16)9(12)5-7-17-3/h8-9H,4-7,12H2,1-3H3,(H,13,15)(H,14,16)/t8?,9-/m0/s1. The van der Waals surface area contributed by atoms with Gasteiger partial charge in [-0.15, -0.1) is 0 Å². The van der Waals surface area contributed by atoms with E-state index in [9.17, 15) is 9.59 Å². The molecule has 17 heavy (non-hydrogen) atoms. The molecule has 0 aromatic heterocycles. The summed E-state index contributed by atoms with van der Waals surface area (Å²) in [6, 6.07) is -1.07. The molecule has 0 saturated heterocycles. The number of hydrogen-bond acceptors (Lipinski definition) is 4. The molecule has 1 unspecified atom stereocenters. The smallest absolute Gasteiger partial charge is 0.242 e. The number of rotatable bonds is 8. The predicted octanol–water partition coefficient (Wildman–Crippen LogP) is 0.0977. The van der Waals surface area contributed by atoms with Gasteiger partial charge in [0.1, 0.15) is 6.04 Å². The van der Waals surface area contributed by atoms with Crippen molar-refractivity contribution in [1.29, 1.82) is 0 Å². The van der Waals surface area contributed by atoms with E-state index in [2.05, 4.69) is 10.6 Å². The summed E-state index contributed by atoms with van der Waals surface area (Å²) in [6.07, 6.45) is 3.46. The molecule has 2 amide bonds. The van der Waals surface area contributed by atoms with Gasteiger partial charge in [0.05, 0.1) is 6.04 Å². The second-order valence-electron chi connectivity index (χ2n) is 3.91. The highest BCUT2D eigenvalue weighted by Gasteiger charge is 2.19. The van der Waals surface area contributed by atoms with Gasteiger partial charge in [-0.3, -0.25) is 9.59 Å². The summed E-state index contributed by atoms with van der Waals surface area (Å²) in [5, 5.41) is 5.33. The number of thioether (sulfide) groups is 1. The molecule has 0 heterocycles. The van der Waals surface area contributed by atoms with E-state index in [4.69, 9.17) is 5.73 Å². The van der Waals surface area contributed by atoms with E-state index < -0.39 is 12.1 Å². The van der Waals surface area contributed by atoms with Crippen molar-refractivity contribution in [3.05, 3.63) is 0 Å². The van der Waals surface area contributed by atoms with Crippen LogP contribution in [0.1, 0.15) is 26.7 Å². The molecule has 5 nitrogen and oxygen atoms in total. The molecule has 0 aromatic rings. The summed E-state index contributed by atoms with van der Waals surface area (Å²) < 4.78 is 0. The van der Waals surface area contributed by atoms with Crippen LogP contribution in [0.4, 0.5) is 0 Å². The van der Waals surface area contributed by atoms with E-state index in [0.717, 1.165) is 12.2 Å². The predicted molar refractivity (Wildman–Crippen MR) is 71.9 cm³/mol. The minimum absolute atomic E-state index is 0.169. The van der Waals surface area contributed by atoms with Crippen LogP contribution in [0, 0.1) is 0 Å². The van der Waals surface area contributed by atoms with E-state index in [1.807, 2.05) is 13.2 Å². The molecule has 0 aliphatic carbocycles. The maximum Gasteiger partial charge on any atom is 0.242 e. The van der Waals surface area contributed by atoms with Crippen LogP contribution >= 0.6 is 11.8 Å². The largest absolute Gasteiger partial charge is 0.354 e. The molecule has 100 valence electrons. The molecule has 4 N–H and O–H groups in total. The Labute approximate surface area is 107 Å². The van der Waals surface area contributed by atoms with Crippen LogP contribution in [0.15, 0.2) is 0 Å². The first-order valence-corrected chi connectivity index (χ1v) is 7.24. The lowest BCUT2D eigenvalue weighted by Gasteiger charge is -2.17. The zero-order chi connectivity index (χ0) is 13.3. The maximum atomic E-state index is 11.6. The molecule has 0 fully saturated rings. The van der Waals surface area contributed by atoms with E-state index in [0.29, 0.717) is 13.0 Å². The second kappa shape index (κ2) is 9.30. The highest BCUT2D eigenvalue weighted by Crippen LogP contribution is 1.99. The maximum absolute atomic E-state index is 11.6. The Morgan fingerprint density at radius 3 is 2.53 bits per heavy atom. The number of nitrogens with two attached hydrogens (primary N) is 1. The highest BCUT2D eigenvalue weighted by molar-refractivity contribution is 7.98. The Bertz CT molecular complexity index is 249. The van der Waals surface area contributed by atoms with E-state index in [-0.39, 0.29) is 11.8 Å². The van der Waals surface area contributed by atoms with Gasteiger partial charge in [-0.2, -0.15) is 11.8 Å². The monoisotopic (exact) mass is 261 g/mol. The fraction of sp³-hybridized carbons (Fsp3) is 0.818. The Balaban J connectivity index is 3.97. The van der Waals surface area contributed by atoms with Crippen LogP contribution in [0.25, 0.3) is 0 Å². The molecule has 6 heteroatoms. The Hall–Kier alpha value is -0.750. The Kier molecular flexibility index (Phi) is 8.89. The van der Waals surface area contributed by atoms with Crippen LogP contribution < -0.4 is 16.4 Å². The van der Waals surface area contributed by atoms with Crippen LogP contribution in [-0.4, -0.2) is 42.5 Å². The minimum atomic E-state index is -0.538. The third-order valence-electron chi connectivity index (χ3n) is 2.27. The zero-order valence-corrected chi connectivity index (χ0v) is 11.6. The summed E-state index contributed by atoms with van der Waals surface area (Å²) in [5.74, 6) is 0.404. The molecule has 0 saturated carbocycles. The first-order chi connectivity index (χ1) is 8.02. The van der Waals surface area contributed by atoms with Gasteiger partial charge in [-0.05, 0) is 31.8 Å². The van der Waals surface area contributed by atoms with Gasteiger partial charge in [-0.25, -0.2) is 0 Å². The van der Waals surface area contributed by atoms with Gasteiger partial charge in [0.2, 0.25) is 11.8 Å². The number of nitrogens with one attached hydrogen (secondary N) is 2. The lowest BCUT2D eigenvalue weighted by molar-refractivity contribution is -0.129. The third-order valence-corrected chi connectivity index (χ3v) is 2.91. The van der Waals surface area contributed by atoms with Crippen LogP contribution in [0.3, 0.4) is 0 Å². The lowest BCUT2D eigenvalue weighted by Crippen LogP contribution is -2.50. The second-order valence-corrected chi connectivity index (χ2v) is 4.89. The van der Waals surface area contributed by atoms with E-state index in [1.54, 1.807) is 18.7 Å². The van der Waals surface area contributed by atoms with Crippen molar-refractivity contribution in [3.63, 3.8) is 0 Å². The normalized spacial score (nSPS) is 13.9. The summed E-state index contributed by atoms with van der Waals surface area (Å²) in [6.45, 7) is 4.25. The minimum Gasteiger partial charge on any atom is -0.354 e. The highest BCUT2D eigenvalue weighted by atomic mass is 32.2. The summed E-state index contributed by atoms with van der Waals surface area (Å²) in [4.78, 5) is 23.1. The molecular formula is C11H23N3O2S. The van der Waals surface area contributed by atoms with Crippen molar-refractivity contribution in [1.82, 2.24) is 10.6 Å². The summed E-state index contributed by atoms with van der Waals surface area (Å²) >= 11 is 1.64. The van der Waals surface area contributed by atoms with Crippen molar-refractivity contribution in [3.8, 4) is 0 Å². The van der Waals surface area contributed by atoms with Gasteiger partial charge in [-0.1, -0.05) is 6.92 Å². The number of carbonyl (C=O) groups excluding carboxylic acids is 2. The average Bonchev–Trinajstić information content (AvgIpc) is 2.32. The van der Waals surface area contributed by atoms with Crippen molar-refractivity contribution < 1.29 is 9.59 Å². The summed E-state index contributed by atoms with van der Waals surface area (Å²) in [7, 11) is 0. The third kappa shape index (κ3) is 7.23. The molecular weight excluding hydrogens is 238 g/mol. The van der Waals surface area contributed by atoms with Gasteiger partial charge in [0, 0.05) is 6.54 Å². The fourth-order valence-electron chi connectivity index (χ4n) is 1.16. The van der Waals surface area contributed by atoms with Crippen LogP contribution in [0.2, 0.25) is 0 Å². The SMILES string of the molecule is CCCNC(=O)C(C)NC(=O)[C@@H](N)CCSC. The van der Waals surface area contributed by atoms with Gasteiger partial charge >= 0.3 is 0 Å². The molecule has 0 bridgehead atoms. The number of amides is 2. The van der Waals surface area contributed by atoms with Crippen molar-refractivity contribution in [2.45, 2.75) is 38.8 Å². The number of hydrogen-bond donors (Lipinski definition) is 3. The van der Waals surface area contributed by atoms with Gasteiger partial charge in [0.25, 0.3) is 0 Å². The Morgan fingerprint density at radius 1 is 1.35 bits per heavy atom. The Morgan fingerprint density at radius 2 is 2.00 bits per heavy atom. The first kappa shape index (κ1) is 16.2. The number of carbonyl (C=O) groups is 2. The van der Waals surface area contributed by atoms with Crippen LogP contribution in [0.5, 0.6) is 0 Å². The van der Waals surface area contributed by atoms with E-state index in [1.165, 1.54) is 0 Å². The summed E-state index contributed by atoms with van der Waals surface area (Å²) in [5.41, 5.74) is 5.69. The molecule has 0 spiro atoms. The molecule has 0 aromatic carbocycles. The lowest BCUT2D eigenvalue weighted by atomic mass is 10.2. The van der Waals surface area contributed by atoms with Crippen LogP contribution in [-0.2, 0) is 9.59 Å². The zero-order valence-electron chi connectivity index (χ0n) is 10.8. The van der Waals surface area contributed by atoms with Crippen molar-refractivity contribution in [2.75, 3.05) is 18.6 Å². The topological polar surface area (TPSA) is 84.2 Å². The molecule has 0 rings (SSSR count). The van der Waals surface area contributed by atoms with Crippen molar-refractivity contribution >= 4 is 23.6 Å². The average molecular weight is 261 g/mol. The van der Waals surface area contributed by atoms with Crippen molar-refractivity contribution in [2.24, 2.45) is 5.73 Å². The van der Waals surface area contributed by atoms with E-state index >= 15 is 0 Å². The fourth-order valence-corrected chi connectivity index (χ4v) is 1.65. The molecule has 0 radical (unpaired) electrons. The molecule has 0 aliphatic rings.